The third-order valence-corrected chi connectivity index (χ3v) is 7.16. The van der Waals surface area contributed by atoms with E-state index in [0.29, 0.717) is 17.2 Å². The van der Waals surface area contributed by atoms with Gasteiger partial charge in [-0.25, -0.2) is 9.37 Å². The van der Waals surface area contributed by atoms with Gasteiger partial charge in [0.15, 0.2) is 5.82 Å². The molecule has 0 spiro atoms. The lowest BCUT2D eigenvalue weighted by Gasteiger charge is -2.40. The molecule has 0 aliphatic carbocycles. The Morgan fingerprint density at radius 1 is 1.12 bits per heavy atom. The molecule has 9 heteroatoms. The zero-order valence-corrected chi connectivity index (χ0v) is 19.4. The number of aromatic hydroxyl groups is 1. The van der Waals surface area contributed by atoms with Crippen molar-refractivity contribution in [3.63, 3.8) is 0 Å². The molecular weight excluding hydrogens is 441 g/mol. The minimum absolute atomic E-state index is 0.135. The van der Waals surface area contributed by atoms with Gasteiger partial charge in [0.1, 0.15) is 11.6 Å². The van der Waals surface area contributed by atoms with Crippen LogP contribution in [0.3, 0.4) is 0 Å². The van der Waals surface area contributed by atoms with Gasteiger partial charge in [-0.05, 0) is 42.0 Å². The summed E-state index contributed by atoms with van der Waals surface area (Å²) in [5, 5.41) is 15.6. The molecule has 4 aromatic rings. The second-order valence-electron chi connectivity index (χ2n) is 8.04. The number of halogens is 1. The van der Waals surface area contributed by atoms with Crippen LogP contribution >= 0.6 is 11.3 Å². The smallest absolute Gasteiger partial charge is 0.230 e. The molecule has 0 amide bonds. The molecule has 1 N–H and O–H groups in total. The van der Waals surface area contributed by atoms with Crippen LogP contribution in [0, 0.1) is 5.82 Å². The summed E-state index contributed by atoms with van der Waals surface area (Å²) in [4.78, 5) is 10.7. The van der Waals surface area contributed by atoms with Crippen LogP contribution in [0.25, 0.3) is 4.96 Å². The highest BCUT2D eigenvalue weighted by atomic mass is 32.1. The quantitative estimate of drug-likeness (QED) is 0.460. The average molecular weight is 468 g/mol. The van der Waals surface area contributed by atoms with E-state index in [9.17, 15) is 9.50 Å². The highest BCUT2D eigenvalue weighted by Gasteiger charge is 2.32. The molecule has 7 nitrogen and oxygen atoms in total. The normalized spacial score (nSPS) is 15.8. The minimum atomic E-state index is -0.228. The zero-order chi connectivity index (χ0) is 22.9. The van der Waals surface area contributed by atoms with Gasteiger partial charge in [0.05, 0.1) is 18.0 Å². The second kappa shape index (κ2) is 8.99. The van der Waals surface area contributed by atoms with E-state index in [0.717, 1.165) is 48.1 Å². The molecule has 0 saturated carbocycles. The van der Waals surface area contributed by atoms with Crippen LogP contribution in [-0.4, -0.2) is 57.9 Å². The van der Waals surface area contributed by atoms with Gasteiger partial charge in [0, 0.05) is 38.3 Å². The maximum atomic E-state index is 13.3. The fourth-order valence-corrected chi connectivity index (χ4v) is 5.48. The van der Waals surface area contributed by atoms with Crippen molar-refractivity contribution in [2.24, 2.45) is 0 Å². The van der Waals surface area contributed by atoms with Gasteiger partial charge in [-0.3, -0.25) is 4.90 Å². The van der Waals surface area contributed by atoms with Crippen molar-refractivity contribution in [1.29, 1.82) is 0 Å². The van der Waals surface area contributed by atoms with Gasteiger partial charge >= 0.3 is 0 Å². The van der Waals surface area contributed by atoms with E-state index >= 15 is 0 Å². The molecule has 0 radical (unpaired) electrons. The molecule has 0 bridgehead atoms. The van der Waals surface area contributed by atoms with E-state index in [1.807, 2.05) is 37.3 Å². The monoisotopic (exact) mass is 467 g/mol. The number of anilines is 1. The molecule has 172 valence electrons. The van der Waals surface area contributed by atoms with E-state index < -0.39 is 0 Å². The van der Waals surface area contributed by atoms with Crippen molar-refractivity contribution in [2.45, 2.75) is 19.4 Å². The summed E-state index contributed by atoms with van der Waals surface area (Å²) in [5.74, 6) is 1.40. The number of piperazine rings is 1. The minimum Gasteiger partial charge on any atom is -0.497 e. The Morgan fingerprint density at radius 3 is 2.55 bits per heavy atom. The van der Waals surface area contributed by atoms with Gasteiger partial charge in [0.2, 0.25) is 10.8 Å². The fraction of sp³-hybridized carbons (Fsp3) is 0.333. The van der Waals surface area contributed by atoms with Crippen LogP contribution < -0.4 is 9.64 Å². The molecule has 1 saturated heterocycles. The van der Waals surface area contributed by atoms with Crippen LogP contribution in [-0.2, 0) is 6.42 Å². The number of rotatable bonds is 6. The lowest BCUT2D eigenvalue weighted by atomic mass is 10.0. The summed E-state index contributed by atoms with van der Waals surface area (Å²) in [7, 11) is 1.66. The fourth-order valence-electron chi connectivity index (χ4n) is 4.35. The van der Waals surface area contributed by atoms with Crippen LogP contribution in [0.5, 0.6) is 11.6 Å². The number of hydrogen-bond acceptors (Lipinski definition) is 7. The third-order valence-electron chi connectivity index (χ3n) is 6.09. The topological polar surface area (TPSA) is 66.1 Å². The molecule has 2 aromatic heterocycles. The summed E-state index contributed by atoms with van der Waals surface area (Å²) in [6.07, 6.45) is 0.716. The highest BCUT2D eigenvalue weighted by molar-refractivity contribution is 7.17. The Labute approximate surface area is 195 Å². The number of hydrogen-bond donors (Lipinski definition) is 1. The summed E-state index contributed by atoms with van der Waals surface area (Å²) in [6.45, 7) is 5.16. The van der Waals surface area contributed by atoms with Crippen molar-refractivity contribution in [1.82, 2.24) is 19.5 Å². The number of nitrogens with zero attached hydrogens (tertiary/aromatic N) is 5. The number of aromatic nitrogens is 3. The Balaban J connectivity index is 1.48. The summed E-state index contributed by atoms with van der Waals surface area (Å²) >= 11 is 1.47. The van der Waals surface area contributed by atoms with Crippen LogP contribution in [0.2, 0.25) is 0 Å². The van der Waals surface area contributed by atoms with Gasteiger partial charge in [0.25, 0.3) is 0 Å². The van der Waals surface area contributed by atoms with Crippen LogP contribution in [0.1, 0.15) is 29.2 Å². The van der Waals surface area contributed by atoms with Crippen molar-refractivity contribution in [3.05, 3.63) is 70.6 Å². The van der Waals surface area contributed by atoms with E-state index in [2.05, 4.69) is 25.9 Å². The summed E-state index contributed by atoms with van der Waals surface area (Å²) in [5.41, 5.74) is 2.06. The first-order valence-electron chi connectivity index (χ1n) is 11.0. The van der Waals surface area contributed by atoms with Crippen molar-refractivity contribution >= 4 is 22.0 Å². The molecule has 1 atom stereocenters. The molecule has 2 aromatic carbocycles. The number of thiazole rings is 1. The van der Waals surface area contributed by atoms with Crippen LogP contribution in [0.15, 0.2) is 48.5 Å². The van der Waals surface area contributed by atoms with Gasteiger partial charge < -0.3 is 14.7 Å². The Hall–Kier alpha value is -3.17. The molecule has 5 rings (SSSR count). The number of benzene rings is 2. The first-order chi connectivity index (χ1) is 16.1. The molecular formula is C24H26FN5O2S. The second-order valence-corrected chi connectivity index (χ2v) is 9.05. The number of methoxy groups -OCH3 is 1. The molecule has 3 heterocycles. The van der Waals surface area contributed by atoms with E-state index in [4.69, 9.17) is 4.74 Å². The van der Waals surface area contributed by atoms with E-state index in [1.165, 1.54) is 23.5 Å². The average Bonchev–Trinajstić information content (AvgIpc) is 3.39. The lowest BCUT2D eigenvalue weighted by molar-refractivity contribution is 0.211. The van der Waals surface area contributed by atoms with Crippen molar-refractivity contribution in [2.75, 3.05) is 38.2 Å². The number of aryl methyl sites for hydroxylation is 1. The third kappa shape index (κ3) is 4.14. The first kappa shape index (κ1) is 21.7. The largest absolute Gasteiger partial charge is 0.497 e. The predicted molar refractivity (Wildman–Crippen MR) is 127 cm³/mol. The van der Waals surface area contributed by atoms with E-state index in [1.54, 1.807) is 11.6 Å². The molecule has 33 heavy (non-hydrogen) atoms. The van der Waals surface area contributed by atoms with Crippen molar-refractivity contribution in [3.8, 4) is 11.6 Å². The Kier molecular flexibility index (Phi) is 5.90. The maximum absolute atomic E-state index is 13.3. The predicted octanol–water partition coefficient (Wildman–Crippen LogP) is 4.12. The standard InChI is InChI=1S/C24H26FN5O2S/c1-3-20-26-24-30(27-20)23(31)22(33-24)21(16-5-4-6-19(15-16)32-2)29-13-11-28(12-14-29)18-9-7-17(25)8-10-18/h4-10,15,21,31H,3,11-14H2,1-2H3/t21-/m1/s1. The van der Waals surface area contributed by atoms with Gasteiger partial charge in [-0.1, -0.05) is 30.4 Å². The summed E-state index contributed by atoms with van der Waals surface area (Å²) < 4.78 is 20.3. The maximum Gasteiger partial charge on any atom is 0.230 e. The van der Waals surface area contributed by atoms with Gasteiger partial charge in [-0.15, -0.1) is 5.10 Å². The molecule has 1 fully saturated rings. The summed E-state index contributed by atoms with van der Waals surface area (Å²) in [6, 6.07) is 14.5. The molecule has 1 aliphatic heterocycles. The van der Waals surface area contributed by atoms with E-state index in [-0.39, 0.29) is 17.7 Å². The zero-order valence-electron chi connectivity index (χ0n) is 18.6. The lowest BCUT2D eigenvalue weighted by Crippen LogP contribution is -2.47. The number of ether oxygens (including phenoxy) is 1. The van der Waals surface area contributed by atoms with Crippen LogP contribution in [0.4, 0.5) is 10.1 Å². The van der Waals surface area contributed by atoms with Gasteiger partial charge in [-0.2, -0.15) is 4.52 Å². The first-order valence-corrected chi connectivity index (χ1v) is 11.8. The molecule has 0 unspecified atom stereocenters. The molecule has 1 aliphatic rings. The Morgan fingerprint density at radius 2 is 1.88 bits per heavy atom. The highest BCUT2D eigenvalue weighted by Crippen LogP contribution is 2.41. The van der Waals surface area contributed by atoms with Crippen molar-refractivity contribution < 1.29 is 14.2 Å². The SMILES string of the molecule is CCc1nc2sc([C@@H](c3cccc(OC)c3)N3CCN(c4ccc(F)cc4)CC3)c(O)n2n1. The Bertz CT molecular complexity index is 1250. The number of fused-ring (bicyclic) bond motifs is 1.